The number of aryl methyl sites for hydroxylation is 2. The Balaban J connectivity index is 1.21. The monoisotopic (exact) mass is 490 g/mol. The summed E-state index contributed by atoms with van der Waals surface area (Å²) in [5.74, 6) is 1.01. The molecule has 36 heavy (non-hydrogen) atoms. The number of fused-ring (bicyclic) bond motifs is 1. The van der Waals surface area contributed by atoms with E-state index in [1.165, 1.54) is 51.9 Å². The van der Waals surface area contributed by atoms with E-state index in [1.807, 2.05) is 18.2 Å². The molecule has 0 saturated carbocycles. The number of ether oxygens (including phenoxy) is 1. The van der Waals surface area contributed by atoms with Crippen molar-refractivity contribution in [1.82, 2.24) is 9.88 Å². The maximum atomic E-state index is 14.2. The highest BCUT2D eigenvalue weighted by atomic mass is 19.1. The van der Waals surface area contributed by atoms with E-state index in [0.29, 0.717) is 17.7 Å². The lowest BCUT2D eigenvalue weighted by Gasteiger charge is -2.37. The smallest absolute Gasteiger partial charge is 0.224 e. The summed E-state index contributed by atoms with van der Waals surface area (Å²) in [4.78, 5) is 22.6. The lowest BCUT2D eigenvalue weighted by atomic mass is 10.0. The Morgan fingerprint density at radius 2 is 1.86 bits per heavy atom. The van der Waals surface area contributed by atoms with Gasteiger partial charge in [-0.2, -0.15) is 0 Å². The molecule has 3 aromatic rings. The highest BCUT2D eigenvalue weighted by molar-refractivity contribution is 5.94. The molecule has 2 aliphatic rings. The summed E-state index contributed by atoms with van der Waals surface area (Å²) in [6.45, 7) is 6.71. The number of hydrogen-bond donors (Lipinski definition) is 1. The third kappa shape index (κ3) is 5.46. The van der Waals surface area contributed by atoms with Gasteiger partial charge in [0.1, 0.15) is 17.4 Å². The minimum Gasteiger partial charge on any atom is -0.497 e. The third-order valence-electron chi connectivity index (χ3n) is 7.61. The first-order valence-corrected chi connectivity index (χ1v) is 13.0. The molecule has 0 aliphatic carbocycles. The van der Waals surface area contributed by atoms with Gasteiger partial charge in [-0.3, -0.25) is 4.79 Å². The van der Waals surface area contributed by atoms with E-state index < -0.39 is 0 Å². The maximum Gasteiger partial charge on any atom is 0.224 e. The number of carbonyl (C=O) groups is 1. The molecule has 6 nitrogen and oxygen atoms in total. The van der Waals surface area contributed by atoms with E-state index in [0.717, 1.165) is 47.1 Å². The molecule has 2 saturated heterocycles. The van der Waals surface area contributed by atoms with E-state index in [-0.39, 0.29) is 18.1 Å². The number of nitrogens with one attached hydrogen (secondary N) is 1. The van der Waals surface area contributed by atoms with Crippen molar-refractivity contribution >= 4 is 28.3 Å². The zero-order valence-electron chi connectivity index (χ0n) is 21.2. The average Bonchev–Trinajstić information content (AvgIpc) is 3.43. The summed E-state index contributed by atoms with van der Waals surface area (Å²) in [6.07, 6.45) is 5.61. The van der Waals surface area contributed by atoms with Crippen LogP contribution in [0.4, 0.5) is 15.9 Å². The topological polar surface area (TPSA) is 57.7 Å². The SMILES string of the molecule is COc1ccc(CCC(=O)Nc2ccc3nc(N4CCC(N5CCCC5)CC4)cc(C)c3c2)c(F)c1. The van der Waals surface area contributed by atoms with Gasteiger partial charge < -0.3 is 19.9 Å². The number of piperidine rings is 1. The number of pyridine rings is 1. The maximum absolute atomic E-state index is 14.2. The molecular formula is C29H35FN4O2. The number of methoxy groups -OCH3 is 1. The van der Waals surface area contributed by atoms with Gasteiger partial charge in [0.2, 0.25) is 5.91 Å². The van der Waals surface area contributed by atoms with Gasteiger partial charge in [0.05, 0.1) is 12.6 Å². The Hall–Kier alpha value is -3.19. The first-order valence-electron chi connectivity index (χ1n) is 13.0. The van der Waals surface area contributed by atoms with Gasteiger partial charge in [0.25, 0.3) is 0 Å². The molecule has 190 valence electrons. The van der Waals surface area contributed by atoms with Crippen LogP contribution in [0.1, 0.15) is 43.2 Å². The van der Waals surface area contributed by atoms with Gasteiger partial charge in [-0.25, -0.2) is 9.37 Å². The fourth-order valence-corrected chi connectivity index (χ4v) is 5.51. The van der Waals surface area contributed by atoms with Crippen LogP contribution in [-0.4, -0.2) is 55.1 Å². The second-order valence-electron chi connectivity index (χ2n) is 10.00. The first kappa shape index (κ1) is 24.5. The van der Waals surface area contributed by atoms with Gasteiger partial charge in [-0.1, -0.05) is 6.07 Å². The fraction of sp³-hybridized carbons (Fsp3) is 0.448. The number of carbonyl (C=O) groups excluding carboxylic acids is 1. The van der Waals surface area contributed by atoms with E-state index >= 15 is 0 Å². The lowest BCUT2D eigenvalue weighted by Crippen LogP contribution is -2.44. The average molecular weight is 491 g/mol. The number of hydrogen-bond acceptors (Lipinski definition) is 5. The molecule has 5 rings (SSSR count). The number of amides is 1. The van der Waals surface area contributed by atoms with Crippen molar-refractivity contribution < 1.29 is 13.9 Å². The van der Waals surface area contributed by atoms with Gasteiger partial charge in [0.15, 0.2) is 0 Å². The molecule has 1 aromatic heterocycles. The van der Waals surface area contributed by atoms with Crippen molar-refractivity contribution in [3.8, 4) is 5.75 Å². The molecule has 0 bridgehead atoms. The molecule has 1 N–H and O–H groups in total. The van der Waals surface area contributed by atoms with Crippen molar-refractivity contribution in [1.29, 1.82) is 0 Å². The van der Waals surface area contributed by atoms with Gasteiger partial charge >= 0.3 is 0 Å². The summed E-state index contributed by atoms with van der Waals surface area (Å²) in [5.41, 5.74) is 3.31. The third-order valence-corrected chi connectivity index (χ3v) is 7.61. The highest BCUT2D eigenvalue weighted by Gasteiger charge is 2.27. The van der Waals surface area contributed by atoms with Crippen LogP contribution in [0.3, 0.4) is 0 Å². The summed E-state index contributed by atoms with van der Waals surface area (Å²) in [7, 11) is 1.50. The first-order chi connectivity index (χ1) is 17.5. The van der Waals surface area contributed by atoms with Crippen LogP contribution in [0.5, 0.6) is 5.75 Å². The van der Waals surface area contributed by atoms with Crippen LogP contribution in [0, 0.1) is 12.7 Å². The highest BCUT2D eigenvalue weighted by Crippen LogP contribution is 2.29. The molecular weight excluding hydrogens is 455 g/mol. The Morgan fingerprint density at radius 3 is 2.58 bits per heavy atom. The van der Waals surface area contributed by atoms with Crippen molar-refractivity contribution in [2.45, 2.75) is 51.5 Å². The standard InChI is InChI=1S/C29H35FN4O2/c1-20-17-28(34-15-11-23(12-16-34)33-13-3-4-14-33)32-27-9-7-22(18-25(20)27)31-29(35)10-6-21-5-8-24(36-2)19-26(21)30/h5,7-9,17-19,23H,3-4,6,10-16H2,1-2H3,(H,31,35). The summed E-state index contributed by atoms with van der Waals surface area (Å²) >= 11 is 0. The van der Waals surface area contributed by atoms with Gasteiger partial charge in [-0.05, 0) is 93.6 Å². The molecule has 0 unspecified atom stereocenters. The van der Waals surface area contributed by atoms with Crippen LogP contribution in [-0.2, 0) is 11.2 Å². The second kappa shape index (κ2) is 10.8. The Labute approximate surface area is 212 Å². The van der Waals surface area contributed by atoms with Crippen molar-refractivity contribution in [2.75, 3.05) is 43.5 Å². The number of nitrogens with zero attached hydrogens (tertiary/aromatic N) is 3. The van der Waals surface area contributed by atoms with Gasteiger partial charge in [0, 0.05) is 42.7 Å². The number of rotatable bonds is 7. The Morgan fingerprint density at radius 1 is 1.08 bits per heavy atom. The number of aromatic nitrogens is 1. The number of benzene rings is 2. The molecule has 0 spiro atoms. The van der Waals surface area contributed by atoms with Crippen LogP contribution < -0.4 is 15.0 Å². The normalized spacial score (nSPS) is 17.0. The van der Waals surface area contributed by atoms with Crippen molar-refractivity contribution in [2.24, 2.45) is 0 Å². The van der Waals surface area contributed by atoms with E-state index in [2.05, 4.69) is 28.1 Å². The summed E-state index contributed by atoms with van der Waals surface area (Å²) < 4.78 is 19.2. The number of halogens is 1. The summed E-state index contributed by atoms with van der Waals surface area (Å²) in [6, 6.07) is 13.4. The minimum absolute atomic E-state index is 0.146. The van der Waals surface area contributed by atoms with E-state index in [9.17, 15) is 9.18 Å². The van der Waals surface area contributed by atoms with Crippen LogP contribution >= 0.6 is 0 Å². The molecule has 2 aliphatic heterocycles. The predicted octanol–water partition coefficient (Wildman–Crippen LogP) is 5.33. The zero-order valence-corrected chi connectivity index (χ0v) is 21.2. The molecule has 0 atom stereocenters. The van der Waals surface area contributed by atoms with E-state index in [1.54, 1.807) is 12.1 Å². The molecule has 3 heterocycles. The van der Waals surface area contributed by atoms with Gasteiger partial charge in [-0.15, -0.1) is 0 Å². The second-order valence-corrected chi connectivity index (χ2v) is 10.00. The number of anilines is 2. The predicted molar refractivity (Wildman–Crippen MR) is 142 cm³/mol. The number of likely N-dealkylation sites (tertiary alicyclic amines) is 1. The largest absolute Gasteiger partial charge is 0.497 e. The summed E-state index contributed by atoms with van der Waals surface area (Å²) in [5, 5.41) is 3.99. The molecule has 2 aromatic carbocycles. The van der Waals surface area contributed by atoms with Crippen LogP contribution in [0.2, 0.25) is 0 Å². The molecule has 0 radical (unpaired) electrons. The molecule has 7 heteroatoms. The van der Waals surface area contributed by atoms with Crippen molar-refractivity contribution in [3.63, 3.8) is 0 Å². The quantitative estimate of drug-likeness (QED) is 0.485. The van der Waals surface area contributed by atoms with E-state index in [4.69, 9.17) is 9.72 Å². The minimum atomic E-state index is -0.356. The zero-order chi connectivity index (χ0) is 25.1. The Kier molecular flexibility index (Phi) is 7.37. The van der Waals surface area contributed by atoms with Crippen molar-refractivity contribution in [3.05, 3.63) is 59.4 Å². The fourth-order valence-electron chi connectivity index (χ4n) is 5.51. The Bertz CT molecular complexity index is 1230. The lowest BCUT2D eigenvalue weighted by molar-refractivity contribution is -0.116. The van der Waals surface area contributed by atoms with Crippen LogP contribution in [0.25, 0.3) is 10.9 Å². The molecule has 1 amide bonds. The molecule has 2 fully saturated rings. The van der Waals surface area contributed by atoms with Crippen LogP contribution in [0.15, 0.2) is 42.5 Å².